The van der Waals surface area contributed by atoms with Gasteiger partial charge in [0.05, 0.1) is 12.8 Å². The summed E-state index contributed by atoms with van der Waals surface area (Å²) in [5.74, 6) is -0.614. The molecule has 0 spiro atoms. The zero-order valence-electron chi connectivity index (χ0n) is 12.6. The molecule has 0 aromatic heterocycles. The monoisotopic (exact) mass is 323 g/mol. The van der Waals surface area contributed by atoms with Crippen LogP contribution in [-0.2, 0) is 14.3 Å². The van der Waals surface area contributed by atoms with Crippen LogP contribution in [0.5, 0.6) is 5.75 Å². The third-order valence-electron chi connectivity index (χ3n) is 2.62. The summed E-state index contributed by atoms with van der Waals surface area (Å²) in [5.41, 5.74) is 0.410. The van der Waals surface area contributed by atoms with Crippen LogP contribution in [0.3, 0.4) is 0 Å². The molecule has 0 aliphatic carbocycles. The molecule has 0 fully saturated rings. The average molecular weight is 324 g/mol. The number of rotatable bonds is 6. The molecule has 0 bridgehead atoms. The van der Waals surface area contributed by atoms with Crippen molar-refractivity contribution in [3.05, 3.63) is 47.5 Å². The molecule has 1 amide bonds. The first-order valence-electron chi connectivity index (χ1n) is 6.62. The van der Waals surface area contributed by atoms with Gasteiger partial charge in [-0.1, -0.05) is 29.8 Å². The molecule has 22 heavy (non-hydrogen) atoms. The standard InChI is InChI=1S/C16H18ClNO4/c1-4-5-6-7-15(19)22-11(2)16(20)18-13-10-12(17)8-9-14(13)21-3/h4-11H,1-3H3,(H,18,20)/b5-4+,7-6+/t11-/m0/s1. The van der Waals surface area contributed by atoms with E-state index in [0.29, 0.717) is 16.5 Å². The second-order valence-corrected chi connectivity index (χ2v) is 4.73. The summed E-state index contributed by atoms with van der Waals surface area (Å²) in [6.07, 6.45) is 5.27. The van der Waals surface area contributed by atoms with Crippen molar-refractivity contribution >= 4 is 29.2 Å². The minimum absolute atomic E-state index is 0.410. The number of benzene rings is 1. The Morgan fingerprint density at radius 1 is 1.32 bits per heavy atom. The van der Waals surface area contributed by atoms with E-state index >= 15 is 0 Å². The third-order valence-corrected chi connectivity index (χ3v) is 2.85. The van der Waals surface area contributed by atoms with Gasteiger partial charge < -0.3 is 14.8 Å². The largest absolute Gasteiger partial charge is 0.495 e. The molecule has 0 radical (unpaired) electrons. The van der Waals surface area contributed by atoms with E-state index in [0.717, 1.165) is 0 Å². The third kappa shape index (κ3) is 5.61. The molecule has 0 unspecified atom stereocenters. The zero-order valence-corrected chi connectivity index (χ0v) is 13.4. The number of nitrogens with one attached hydrogen (secondary N) is 1. The van der Waals surface area contributed by atoms with E-state index in [4.69, 9.17) is 21.1 Å². The van der Waals surface area contributed by atoms with Crippen LogP contribution in [0.2, 0.25) is 5.02 Å². The normalized spacial score (nSPS) is 12.4. The lowest BCUT2D eigenvalue weighted by Gasteiger charge is -2.14. The lowest BCUT2D eigenvalue weighted by molar-refractivity contribution is -0.148. The van der Waals surface area contributed by atoms with E-state index in [1.807, 2.05) is 6.92 Å². The maximum Gasteiger partial charge on any atom is 0.331 e. The summed E-state index contributed by atoms with van der Waals surface area (Å²) in [5, 5.41) is 3.06. The Kier molecular flexibility index (Phi) is 7.19. The first-order chi connectivity index (χ1) is 10.5. The maximum atomic E-state index is 12.0. The van der Waals surface area contributed by atoms with Gasteiger partial charge >= 0.3 is 5.97 Å². The first-order valence-corrected chi connectivity index (χ1v) is 7.00. The number of carbonyl (C=O) groups is 2. The number of hydrogen-bond acceptors (Lipinski definition) is 4. The quantitative estimate of drug-likeness (QED) is 0.495. The number of halogens is 1. The maximum absolute atomic E-state index is 12.0. The van der Waals surface area contributed by atoms with Crippen LogP contribution in [0.25, 0.3) is 0 Å². The van der Waals surface area contributed by atoms with Crippen LogP contribution in [0.15, 0.2) is 42.5 Å². The second-order valence-electron chi connectivity index (χ2n) is 4.30. The summed E-state index contributed by atoms with van der Waals surface area (Å²) in [7, 11) is 1.48. The van der Waals surface area contributed by atoms with Gasteiger partial charge in [0.25, 0.3) is 5.91 Å². The van der Waals surface area contributed by atoms with Gasteiger partial charge in [0.2, 0.25) is 0 Å². The van der Waals surface area contributed by atoms with Crippen molar-refractivity contribution in [1.82, 2.24) is 0 Å². The van der Waals surface area contributed by atoms with Gasteiger partial charge in [-0.25, -0.2) is 4.79 Å². The number of amides is 1. The van der Waals surface area contributed by atoms with E-state index in [-0.39, 0.29) is 0 Å². The van der Waals surface area contributed by atoms with E-state index in [1.165, 1.54) is 26.2 Å². The lowest BCUT2D eigenvalue weighted by atomic mass is 10.2. The molecule has 118 valence electrons. The van der Waals surface area contributed by atoms with E-state index in [2.05, 4.69) is 5.32 Å². The van der Waals surface area contributed by atoms with E-state index < -0.39 is 18.0 Å². The van der Waals surface area contributed by atoms with E-state index in [9.17, 15) is 9.59 Å². The molecule has 0 aliphatic rings. The molecule has 6 heteroatoms. The van der Waals surface area contributed by atoms with Gasteiger partial charge in [-0.05, 0) is 32.0 Å². The molecule has 5 nitrogen and oxygen atoms in total. The topological polar surface area (TPSA) is 64.6 Å². The molecular weight excluding hydrogens is 306 g/mol. The van der Waals surface area contributed by atoms with Gasteiger partial charge in [0.15, 0.2) is 6.10 Å². The number of ether oxygens (including phenoxy) is 2. The highest BCUT2D eigenvalue weighted by Gasteiger charge is 2.18. The molecule has 0 heterocycles. The highest BCUT2D eigenvalue weighted by atomic mass is 35.5. The van der Waals surface area contributed by atoms with E-state index in [1.54, 1.807) is 30.4 Å². The Hall–Kier alpha value is -2.27. The summed E-state index contributed by atoms with van der Waals surface area (Å²) in [6.45, 7) is 3.30. The molecule has 1 aromatic carbocycles. The highest BCUT2D eigenvalue weighted by molar-refractivity contribution is 6.31. The van der Waals surface area contributed by atoms with Gasteiger partial charge in [-0.2, -0.15) is 0 Å². The predicted octanol–water partition coefficient (Wildman–Crippen LogP) is 3.35. The van der Waals surface area contributed by atoms with Crippen molar-refractivity contribution in [3.8, 4) is 5.75 Å². The van der Waals surface area contributed by atoms with Gasteiger partial charge in [0, 0.05) is 11.1 Å². The zero-order chi connectivity index (χ0) is 16.5. The molecule has 1 rings (SSSR count). The molecule has 1 N–H and O–H groups in total. The predicted molar refractivity (Wildman–Crippen MR) is 86.1 cm³/mol. The fourth-order valence-electron chi connectivity index (χ4n) is 1.52. The number of allylic oxidation sites excluding steroid dienone is 3. The Labute approximate surface area is 134 Å². The van der Waals surface area contributed by atoms with Crippen molar-refractivity contribution in [2.45, 2.75) is 20.0 Å². The highest BCUT2D eigenvalue weighted by Crippen LogP contribution is 2.27. The SMILES string of the molecule is C/C=C/C=C/C(=O)O[C@@H](C)C(=O)Nc1cc(Cl)ccc1OC. The molecule has 1 atom stereocenters. The van der Waals surface area contributed by atoms with Crippen molar-refractivity contribution < 1.29 is 19.1 Å². The molecular formula is C16H18ClNO4. The lowest BCUT2D eigenvalue weighted by Crippen LogP contribution is -2.29. The van der Waals surface area contributed by atoms with Crippen LogP contribution < -0.4 is 10.1 Å². The fourth-order valence-corrected chi connectivity index (χ4v) is 1.70. The van der Waals surface area contributed by atoms with Gasteiger partial charge in [-0.3, -0.25) is 4.79 Å². The number of hydrogen-bond donors (Lipinski definition) is 1. The number of methoxy groups -OCH3 is 1. The molecule has 0 aliphatic heterocycles. The molecule has 0 saturated heterocycles. The Morgan fingerprint density at radius 3 is 2.68 bits per heavy atom. The van der Waals surface area contributed by atoms with Crippen LogP contribution in [-0.4, -0.2) is 25.1 Å². The van der Waals surface area contributed by atoms with Crippen molar-refractivity contribution in [1.29, 1.82) is 0 Å². The summed E-state index contributed by atoms with van der Waals surface area (Å²) < 4.78 is 10.1. The molecule has 0 saturated carbocycles. The number of anilines is 1. The van der Waals surface area contributed by atoms with Gasteiger partial charge in [0.1, 0.15) is 5.75 Å². The first kappa shape index (κ1) is 17.8. The Morgan fingerprint density at radius 2 is 2.05 bits per heavy atom. The Bertz CT molecular complexity index is 596. The van der Waals surface area contributed by atoms with Gasteiger partial charge in [-0.15, -0.1) is 0 Å². The van der Waals surface area contributed by atoms with Crippen LogP contribution in [0.1, 0.15) is 13.8 Å². The minimum Gasteiger partial charge on any atom is -0.495 e. The minimum atomic E-state index is -0.952. The molecule has 1 aromatic rings. The smallest absolute Gasteiger partial charge is 0.331 e. The fraction of sp³-hybridized carbons (Fsp3) is 0.250. The van der Waals surface area contributed by atoms with Crippen molar-refractivity contribution in [3.63, 3.8) is 0 Å². The summed E-state index contributed by atoms with van der Waals surface area (Å²) in [6, 6.07) is 4.83. The average Bonchev–Trinajstić information content (AvgIpc) is 2.47. The van der Waals surface area contributed by atoms with Crippen molar-refractivity contribution in [2.24, 2.45) is 0 Å². The van der Waals surface area contributed by atoms with Crippen LogP contribution in [0, 0.1) is 0 Å². The van der Waals surface area contributed by atoms with Crippen LogP contribution >= 0.6 is 11.6 Å². The Balaban J connectivity index is 2.68. The van der Waals surface area contributed by atoms with Crippen molar-refractivity contribution in [2.75, 3.05) is 12.4 Å². The number of carbonyl (C=O) groups excluding carboxylic acids is 2. The number of esters is 1. The second kappa shape index (κ2) is 8.89. The summed E-state index contributed by atoms with van der Waals surface area (Å²) in [4.78, 5) is 23.5. The van der Waals surface area contributed by atoms with Crippen LogP contribution in [0.4, 0.5) is 5.69 Å². The summed E-state index contributed by atoms with van der Waals surface area (Å²) >= 11 is 5.88.